The minimum Gasteiger partial charge on any atom is -0.606 e. The Bertz CT molecular complexity index is 915. The molecule has 0 saturated heterocycles. The Hall–Kier alpha value is -3.05. The number of benzene rings is 2. The van der Waals surface area contributed by atoms with Gasteiger partial charge in [-0.2, -0.15) is 0 Å². The lowest BCUT2D eigenvalue weighted by Gasteiger charge is -2.20. The molecule has 2 aromatic rings. The number of rotatable bonds is 3. The maximum Gasteiger partial charge on any atom is 0.423 e. The molecule has 1 atom stereocenters. The Morgan fingerprint density at radius 2 is 1.50 bits per heavy atom. The lowest BCUT2D eigenvalue weighted by Crippen LogP contribution is -2.17. The van der Waals surface area contributed by atoms with E-state index in [4.69, 9.17) is 0 Å². The Kier molecular flexibility index (Phi) is 3.66. The molecule has 122 valence electrons. The van der Waals surface area contributed by atoms with Crippen molar-refractivity contribution in [2.75, 3.05) is 0 Å². The van der Waals surface area contributed by atoms with Gasteiger partial charge < -0.3 is 4.55 Å². The van der Waals surface area contributed by atoms with Crippen molar-refractivity contribution in [1.82, 2.24) is 0 Å². The van der Waals surface area contributed by atoms with Gasteiger partial charge >= 0.3 is 17.1 Å². The van der Waals surface area contributed by atoms with Gasteiger partial charge in [-0.3, -0.25) is 30.3 Å². The van der Waals surface area contributed by atoms with Crippen LogP contribution in [-0.2, 0) is 17.6 Å². The van der Waals surface area contributed by atoms with E-state index >= 15 is 0 Å². The molecular weight excluding hydrogens is 342 g/mol. The van der Waals surface area contributed by atoms with Crippen LogP contribution in [0.15, 0.2) is 40.1 Å². The zero-order chi connectivity index (χ0) is 17.6. The molecule has 10 nitrogen and oxygen atoms in total. The lowest BCUT2D eigenvalue weighted by atomic mass is 10.0. The van der Waals surface area contributed by atoms with Gasteiger partial charge in [0.1, 0.15) is 0 Å². The van der Waals surface area contributed by atoms with E-state index in [1.807, 2.05) is 0 Å². The minimum atomic E-state index is -1.90. The molecule has 0 aromatic heterocycles. The summed E-state index contributed by atoms with van der Waals surface area (Å²) in [4.78, 5) is 30.6. The van der Waals surface area contributed by atoms with Crippen LogP contribution in [0, 0.1) is 30.3 Å². The van der Waals surface area contributed by atoms with Crippen molar-refractivity contribution in [3.8, 4) is 0 Å². The van der Waals surface area contributed by atoms with Crippen molar-refractivity contribution in [2.45, 2.75) is 16.2 Å². The molecule has 0 N–H and O–H groups in total. The molecule has 0 bridgehead atoms. The van der Waals surface area contributed by atoms with E-state index in [0.717, 1.165) is 6.07 Å². The Labute approximate surface area is 136 Å². The second kappa shape index (κ2) is 5.54. The fraction of sp³-hybridized carbons (Fsp3) is 0.0769. The summed E-state index contributed by atoms with van der Waals surface area (Å²) in [6.45, 7) is 0. The summed E-state index contributed by atoms with van der Waals surface area (Å²) >= 11 is -1.90. The van der Waals surface area contributed by atoms with E-state index in [1.165, 1.54) is 0 Å². The number of hydrogen-bond donors (Lipinski definition) is 0. The van der Waals surface area contributed by atoms with Crippen LogP contribution in [0.5, 0.6) is 0 Å². The number of nitro groups is 3. The van der Waals surface area contributed by atoms with Crippen LogP contribution in [0.2, 0.25) is 0 Å². The quantitative estimate of drug-likeness (QED) is 0.468. The molecule has 0 spiro atoms. The summed E-state index contributed by atoms with van der Waals surface area (Å²) in [5.74, 6) is 0. The summed E-state index contributed by atoms with van der Waals surface area (Å²) in [5.41, 5.74) is -2.82. The second-order valence-corrected chi connectivity index (χ2v) is 6.31. The van der Waals surface area contributed by atoms with Crippen molar-refractivity contribution in [2.24, 2.45) is 0 Å². The smallest absolute Gasteiger partial charge is 0.423 e. The van der Waals surface area contributed by atoms with Crippen molar-refractivity contribution >= 4 is 28.2 Å². The monoisotopic (exact) mass is 349 g/mol. The van der Waals surface area contributed by atoms with Crippen LogP contribution in [0.4, 0.5) is 17.1 Å². The SMILES string of the molecule is O=[N+]([O-])c1cc2c(c([N+](=O)[O-])c1[N+](=O)[O-])Cc1ccccc1[S+]2[O-]. The molecule has 0 radical (unpaired) electrons. The number of hydrogen-bond acceptors (Lipinski definition) is 7. The van der Waals surface area contributed by atoms with Crippen LogP contribution in [0.3, 0.4) is 0 Å². The predicted octanol–water partition coefficient (Wildman–Crippen LogP) is 2.48. The standard InChI is InChI=1S/C13H7N3O7S/c17-14(18)9-6-11-8(12(15(19)20)13(9)16(21)22)5-7-3-1-2-4-10(7)24(11)23/h1-4,6H,5H2. The van der Waals surface area contributed by atoms with Crippen LogP contribution in [0.25, 0.3) is 0 Å². The Morgan fingerprint density at radius 3 is 2.08 bits per heavy atom. The van der Waals surface area contributed by atoms with Crippen molar-refractivity contribution in [3.05, 3.63) is 71.8 Å². The first-order chi connectivity index (χ1) is 11.3. The predicted molar refractivity (Wildman–Crippen MR) is 80.3 cm³/mol. The zero-order valence-corrected chi connectivity index (χ0v) is 12.5. The fourth-order valence-corrected chi connectivity index (χ4v) is 4.08. The molecule has 0 aliphatic carbocycles. The highest BCUT2D eigenvalue weighted by molar-refractivity contribution is 7.91. The Morgan fingerprint density at radius 1 is 0.875 bits per heavy atom. The molecule has 24 heavy (non-hydrogen) atoms. The summed E-state index contributed by atoms with van der Waals surface area (Å²) < 4.78 is 12.6. The van der Waals surface area contributed by atoms with Crippen LogP contribution >= 0.6 is 0 Å². The van der Waals surface area contributed by atoms with Gasteiger partial charge in [0, 0.05) is 23.2 Å². The molecule has 0 saturated carbocycles. The topological polar surface area (TPSA) is 152 Å². The molecule has 1 aliphatic heterocycles. The van der Waals surface area contributed by atoms with Gasteiger partial charge in [-0.05, 0) is 6.07 Å². The third-order valence-electron chi connectivity index (χ3n) is 3.62. The first-order valence-corrected chi connectivity index (χ1v) is 7.60. The van der Waals surface area contributed by atoms with Gasteiger partial charge in [-0.15, -0.1) is 0 Å². The molecule has 1 aliphatic rings. The molecule has 0 amide bonds. The van der Waals surface area contributed by atoms with E-state index in [-0.39, 0.29) is 16.9 Å². The molecule has 2 aromatic carbocycles. The molecule has 1 heterocycles. The molecule has 3 rings (SSSR count). The third kappa shape index (κ3) is 2.26. The lowest BCUT2D eigenvalue weighted by molar-refractivity contribution is -0.441. The highest BCUT2D eigenvalue weighted by Gasteiger charge is 2.45. The maximum absolute atomic E-state index is 12.6. The number of fused-ring (bicyclic) bond motifs is 2. The van der Waals surface area contributed by atoms with E-state index < -0.39 is 43.0 Å². The second-order valence-electron chi connectivity index (χ2n) is 4.89. The van der Waals surface area contributed by atoms with E-state index in [0.29, 0.717) is 10.5 Å². The van der Waals surface area contributed by atoms with Gasteiger partial charge in [-0.1, -0.05) is 18.2 Å². The van der Waals surface area contributed by atoms with Crippen LogP contribution in [0.1, 0.15) is 11.1 Å². The number of nitro benzene ring substituents is 3. The summed E-state index contributed by atoms with van der Waals surface area (Å²) in [6, 6.07) is 7.22. The van der Waals surface area contributed by atoms with Gasteiger partial charge in [0.25, 0.3) is 0 Å². The average molecular weight is 349 g/mol. The average Bonchev–Trinajstić information content (AvgIpc) is 2.53. The van der Waals surface area contributed by atoms with Crippen LogP contribution < -0.4 is 0 Å². The van der Waals surface area contributed by atoms with Crippen molar-refractivity contribution < 1.29 is 19.3 Å². The molecule has 1 unspecified atom stereocenters. The number of nitrogens with zero attached hydrogens (tertiary/aromatic N) is 3. The molecule has 0 fully saturated rings. The summed E-state index contributed by atoms with van der Waals surface area (Å²) in [5, 5.41) is 33.7. The normalized spacial score (nSPS) is 15.3. The first kappa shape index (κ1) is 15.8. The zero-order valence-electron chi connectivity index (χ0n) is 11.7. The maximum atomic E-state index is 12.6. The van der Waals surface area contributed by atoms with E-state index in [9.17, 15) is 34.9 Å². The minimum absolute atomic E-state index is 0.0631. The third-order valence-corrected chi connectivity index (χ3v) is 5.18. The van der Waals surface area contributed by atoms with Gasteiger partial charge in [0.15, 0.2) is 9.79 Å². The van der Waals surface area contributed by atoms with E-state index in [1.54, 1.807) is 24.3 Å². The van der Waals surface area contributed by atoms with Gasteiger partial charge in [0.05, 0.1) is 26.4 Å². The Balaban J connectivity index is 2.39. The highest BCUT2D eigenvalue weighted by Crippen LogP contribution is 2.47. The van der Waals surface area contributed by atoms with Gasteiger partial charge in [0.2, 0.25) is 0 Å². The largest absolute Gasteiger partial charge is 0.606 e. The van der Waals surface area contributed by atoms with Gasteiger partial charge in [-0.25, -0.2) is 0 Å². The van der Waals surface area contributed by atoms with Crippen molar-refractivity contribution in [1.29, 1.82) is 0 Å². The first-order valence-electron chi connectivity index (χ1n) is 6.45. The van der Waals surface area contributed by atoms with E-state index in [2.05, 4.69) is 0 Å². The fourth-order valence-electron chi connectivity index (χ4n) is 2.65. The highest BCUT2D eigenvalue weighted by atomic mass is 32.2. The summed E-state index contributed by atoms with van der Waals surface area (Å²) in [6.07, 6.45) is -0.0631. The van der Waals surface area contributed by atoms with Crippen LogP contribution in [-0.4, -0.2) is 19.3 Å². The molecule has 11 heteroatoms. The summed E-state index contributed by atoms with van der Waals surface area (Å²) in [7, 11) is 0. The van der Waals surface area contributed by atoms with Crippen molar-refractivity contribution in [3.63, 3.8) is 0 Å². The molecular formula is C13H7N3O7S.